The molecule has 414 valence electrons. The van der Waals surface area contributed by atoms with Gasteiger partial charge in [0.05, 0.1) is 33.8 Å². The highest BCUT2D eigenvalue weighted by Crippen LogP contribution is 2.43. The number of rotatable bonds is 53. The second-order valence-corrected chi connectivity index (χ2v) is 22.7. The minimum Gasteiger partial charge on any atom is -0.456 e. The lowest BCUT2D eigenvalue weighted by molar-refractivity contribution is -0.870. The van der Waals surface area contributed by atoms with Crippen molar-refractivity contribution >= 4 is 19.7 Å². The molecule has 0 aromatic carbocycles. The Bertz CT molecular complexity index is 1400. The lowest BCUT2D eigenvalue weighted by atomic mass is 10.0. The van der Waals surface area contributed by atoms with E-state index in [4.69, 9.17) is 13.8 Å². The van der Waals surface area contributed by atoms with Crippen molar-refractivity contribution in [2.75, 3.05) is 40.9 Å². The molecule has 0 saturated carbocycles. The summed E-state index contributed by atoms with van der Waals surface area (Å²) in [7, 11) is 1.48. The molecule has 0 spiro atoms. The van der Waals surface area contributed by atoms with E-state index in [0.717, 1.165) is 77.0 Å². The van der Waals surface area contributed by atoms with Gasteiger partial charge in [0.2, 0.25) is 5.91 Å². The minimum atomic E-state index is -4.45. The fraction of sp³-hybridized carbons (Fsp3) is 0.803. The molecule has 0 rings (SSSR count). The normalized spacial score (nSPS) is 14.2. The second kappa shape index (κ2) is 51.2. The molecular formula is C61H114N2O7P+. The summed E-state index contributed by atoms with van der Waals surface area (Å²) in [6.45, 7) is 6.87. The van der Waals surface area contributed by atoms with Crippen LogP contribution in [0.1, 0.15) is 265 Å². The summed E-state index contributed by atoms with van der Waals surface area (Å²) in [5.74, 6) is -0.519. The highest BCUT2D eigenvalue weighted by Gasteiger charge is 2.30. The summed E-state index contributed by atoms with van der Waals surface area (Å²) in [6.07, 6.45) is 63.6. The van der Waals surface area contributed by atoms with Gasteiger partial charge in [-0.3, -0.25) is 18.6 Å². The largest absolute Gasteiger partial charge is 0.472 e. The molecule has 3 atom stereocenters. The van der Waals surface area contributed by atoms with Crippen molar-refractivity contribution in [2.24, 2.45) is 0 Å². The Kier molecular flexibility index (Phi) is 49.6. The fourth-order valence-electron chi connectivity index (χ4n) is 8.41. The van der Waals surface area contributed by atoms with Gasteiger partial charge >= 0.3 is 13.8 Å². The van der Waals surface area contributed by atoms with E-state index in [2.05, 4.69) is 74.7 Å². The minimum absolute atomic E-state index is 0.0362. The monoisotopic (exact) mass is 1020 g/mol. The third-order valence-electron chi connectivity index (χ3n) is 13.0. The van der Waals surface area contributed by atoms with Crippen molar-refractivity contribution in [3.05, 3.63) is 60.8 Å². The van der Waals surface area contributed by atoms with Crippen LogP contribution in [0.3, 0.4) is 0 Å². The number of carbonyl (C=O) groups is 2. The summed E-state index contributed by atoms with van der Waals surface area (Å²) in [6, 6.07) is -0.855. The number of ether oxygens (including phenoxy) is 1. The van der Waals surface area contributed by atoms with Crippen LogP contribution in [0.2, 0.25) is 0 Å². The Morgan fingerprint density at radius 1 is 0.507 bits per heavy atom. The maximum Gasteiger partial charge on any atom is 0.472 e. The van der Waals surface area contributed by atoms with Crippen molar-refractivity contribution in [1.82, 2.24) is 5.32 Å². The zero-order chi connectivity index (χ0) is 52.2. The Labute approximate surface area is 439 Å². The Hall–Kier alpha value is -2.29. The van der Waals surface area contributed by atoms with Crippen molar-refractivity contribution in [3.63, 3.8) is 0 Å². The van der Waals surface area contributed by atoms with Gasteiger partial charge in [0.25, 0.3) is 0 Å². The fourth-order valence-corrected chi connectivity index (χ4v) is 9.14. The molecule has 0 heterocycles. The number of unbranched alkanes of at least 4 members (excludes halogenated alkanes) is 31. The van der Waals surface area contributed by atoms with Crippen LogP contribution in [-0.4, -0.2) is 74.3 Å². The Morgan fingerprint density at radius 3 is 1.38 bits per heavy atom. The number of esters is 1. The SMILES string of the molecule is CC/C=C/C=C/C=C/CCCCCCCCCC(=O)NC(COP(=O)(O)OCC[N+](C)(C)C)C(/C=C/CCCCCCCCCCC)OC(=O)CCCCCCCCCCC/C=C/CCCCCCCC. The molecule has 0 aromatic rings. The number of hydrogen-bond acceptors (Lipinski definition) is 6. The average molecular weight is 1020 g/mol. The zero-order valence-electron chi connectivity index (χ0n) is 47.2. The van der Waals surface area contributed by atoms with Gasteiger partial charge in [-0.15, -0.1) is 0 Å². The number of hydrogen-bond donors (Lipinski definition) is 2. The van der Waals surface area contributed by atoms with E-state index in [-0.39, 0.29) is 31.5 Å². The predicted molar refractivity (Wildman–Crippen MR) is 305 cm³/mol. The number of quaternary nitrogens is 1. The number of phosphoric ester groups is 1. The maximum absolute atomic E-state index is 13.5. The van der Waals surface area contributed by atoms with Crippen LogP contribution in [0.25, 0.3) is 0 Å². The van der Waals surface area contributed by atoms with Crippen LogP contribution >= 0.6 is 7.82 Å². The molecule has 3 unspecified atom stereocenters. The predicted octanol–water partition coefficient (Wildman–Crippen LogP) is 17.9. The lowest BCUT2D eigenvalue weighted by Crippen LogP contribution is -2.47. The molecule has 0 aliphatic rings. The van der Waals surface area contributed by atoms with E-state index in [1.807, 2.05) is 33.3 Å². The first-order valence-electron chi connectivity index (χ1n) is 29.6. The van der Waals surface area contributed by atoms with Crippen LogP contribution in [0, 0.1) is 0 Å². The first-order valence-corrected chi connectivity index (χ1v) is 31.1. The summed E-state index contributed by atoms with van der Waals surface area (Å²) in [5, 5.41) is 3.04. The standard InChI is InChI=1S/C61H113N2O7P/c1-7-10-13-16-19-22-25-27-29-30-31-32-34-36-39-42-45-48-51-54-61(65)70-59(52-49-46-43-40-37-24-21-18-15-12-9-3)58(57-69-71(66,67)68-56-55-63(4,5)6)62-60(64)53-50-47-44-41-38-35-33-28-26-23-20-17-14-11-8-2/h11,14,17,20,23,26-27,29,49,52,58-59H,7-10,12-13,15-16,18-19,21-22,24-25,28,30-48,50-51,53-57H2,1-6H3,(H-,62,64,66,67)/p+1/b14-11+,20-17+,26-23+,29-27+,52-49+. The molecule has 9 nitrogen and oxygen atoms in total. The van der Waals surface area contributed by atoms with Crippen molar-refractivity contribution in [2.45, 2.75) is 277 Å². The highest BCUT2D eigenvalue weighted by molar-refractivity contribution is 7.47. The van der Waals surface area contributed by atoms with Crippen LogP contribution in [-0.2, 0) is 27.9 Å². The molecule has 0 aliphatic carbocycles. The molecule has 0 bridgehead atoms. The Balaban J connectivity index is 5.26. The summed E-state index contributed by atoms with van der Waals surface area (Å²) >= 11 is 0. The number of carbonyl (C=O) groups excluding carboxylic acids is 2. The first-order chi connectivity index (χ1) is 34.4. The molecule has 0 aromatic heterocycles. The van der Waals surface area contributed by atoms with E-state index in [1.54, 1.807) is 0 Å². The van der Waals surface area contributed by atoms with Gasteiger partial charge in [0.1, 0.15) is 19.3 Å². The maximum atomic E-state index is 13.5. The van der Waals surface area contributed by atoms with Gasteiger partial charge < -0.3 is 19.4 Å². The second-order valence-electron chi connectivity index (χ2n) is 21.2. The number of nitrogens with zero attached hydrogens (tertiary/aromatic N) is 1. The molecular weight excluding hydrogens is 904 g/mol. The van der Waals surface area contributed by atoms with Gasteiger partial charge in [-0.2, -0.15) is 0 Å². The van der Waals surface area contributed by atoms with Gasteiger partial charge in [-0.25, -0.2) is 4.57 Å². The van der Waals surface area contributed by atoms with E-state index >= 15 is 0 Å². The van der Waals surface area contributed by atoms with Crippen LogP contribution in [0.5, 0.6) is 0 Å². The molecule has 10 heteroatoms. The zero-order valence-corrected chi connectivity index (χ0v) is 48.1. The summed E-state index contributed by atoms with van der Waals surface area (Å²) in [5.41, 5.74) is 0. The molecule has 0 aliphatic heterocycles. The lowest BCUT2D eigenvalue weighted by Gasteiger charge is -2.27. The molecule has 71 heavy (non-hydrogen) atoms. The number of allylic oxidation sites excluding steroid dienone is 9. The van der Waals surface area contributed by atoms with Gasteiger partial charge in [-0.05, 0) is 76.7 Å². The molecule has 0 radical (unpaired) electrons. The number of nitrogens with one attached hydrogen (secondary N) is 1. The van der Waals surface area contributed by atoms with Crippen molar-refractivity contribution in [3.8, 4) is 0 Å². The average Bonchev–Trinajstić information content (AvgIpc) is 3.33. The number of phosphoric acid groups is 1. The first kappa shape index (κ1) is 68.7. The van der Waals surface area contributed by atoms with Crippen LogP contribution < -0.4 is 5.32 Å². The Morgan fingerprint density at radius 2 is 0.915 bits per heavy atom. The smallest absolute Gasteiger partial charge is 0.456 e. The van der Waals surface area contributed by atoms with Gasteiger partial charge in [0, 0.05) is 12.8 Å². The summed E-state index contributed by atoms with van der Waals surface area (Å²) in [4.78, 5) is 37.6. The van der Waals surface area contributed by atoms with Crippen LogP contribution in [0.15, 0.2) is 60.8 Å². The number of amides is 1. The topological polar surface area (TPSA) is 111 Å². The molecule has 1 amide bonds. The van der Waals surface area contributed by atoms with E-state index < -0.39 is 20.0 Å². The third kappa shape index (κ3) is 52.4. The molecule has 0 fully saturated rings. The van der Waals surface area contributed by atoms with Gasteiger partial charge in [-0.1, -0.05) is 236 Å². The quantitative estimate of drug-likeness (QED) is 0.0156. The van der Waals surface area contributed by atoms with Crippen molar-refractivity contribution < 1.29 is 37.3 Å². The van der Waals surface area contributed by atoms with E-state index in [0.29, 0.717) is 17.4 Å². The van der Waals surface area contributed by atoms with Gasteiger partial charge in [0.15, 0.2) is 0 Å². The van der Waals surface area contributed by atoms with E-state index in [9.17, 15) is 19.0 Å². The number of likely N-dealkylation sites (N-methyl/N-ethyl adjacent to an activating group) is 1. The van der Waals surface area contributed by atoms with Crippen molar-refractivity contribution in [1.29, 1.82) is 0 Å². The summed E-state index contributed by atoms with van der Waals surface area (Å²) < 4.78 is 30.6. The molecule has 0 saturated heterocycles. The third-order valence-corrected chi connectivity index (χ3v) is 14.0. The van der Waals surface area contributed by atoms with Crippen LogP contribution in [0.4, 0.5) is 0 Å². The van der Waals surface area contributed by atoms with E-state index in [1.165, 1.54) is 154 Å². The molecule has 2 N–H and O–H groups in total. The highest BCUT2D eigenvalue weighted by atomic mass is 31.2.